The zero-order valence-electron chi connectivity index (χ0n) is 11.0. The molecule has 0 aliphatic carbocycles. The number of benzene rings is 1. The predicted octanol–water partition coefficient (Wildman–Crippen LogP) is 1.85. The van der Waals surface area contributed by atoms with Gasteiger partial charge in [-0.2, -0.15) is 5.10 Å². The van der Waals surface area contributed by atoms with Gasteiger partial charge < -0.3 is 10.1 Å². The zero-order valence-corrected chi connectivity index (χ0v) is 11.0. The lowest BCUT2D eigenvalue weighted by Crippen LogP contribution is -2.21. The first-order chi connectivity index (χ1) is 9.20. The molecule has 1 unspecified atom stereocenters. The Balaban J connectivity index is 1.90. The minimum absolute atomic E-state index is 0.109. The monoisotopic (exact) mass is 264 g/mol. The van der Waals surface area contributed by atoms with Gasteiger partial charge in [-0.05, 0) is 24.6 Å². The van der Waals surface area contributed by atoms with E-state index >= 15 is 0 Å². The van der Waals surface area contributed by atoms with Gasteiger partial charge in [0.05, 0.1) is 7.11 Å². The molecule has 102 valence electrons. The number of ether oxygens (including phenoxy) is 1. The second-order valence-electron chi connectivity index (χ2n) is 4.25. The summed E-state index contributed by atoms with van der Waals surface area (Å²) >= 11 is 0. The molecular weight excluding hydrogens is 247 g/mol. The van der Waals surface area contributed by atoms with Crippen molar-refractivity contribution in [2.45, 2.75) is 19.4 Å². The van der Waals surface area contributed by atoms with Gasteiger partial charge in [-0.1, -0.05) is 6.07 Å². The van der Waals surface area contributed by atoms with Gasteiger partial charge in [0.1, 0.15) is 12.2 Å². The molecule has 2 rings (SSSR count). The molecule has 1 atom stereocenters. The lowest BCUT2D eigenvalue weighted by molar-refractivity contribution is 0.385. The maximum atomic E-state index is 13.3. The van der Waals surface area contributed by atoms with Crippen molar-refractivity contribution in [1.29, 1.82) is 0 Å². The number of H-pyrrole nitrogens is 1. The summed E-state index contributed by atoms with van der Waals surface area (Å²) in [5.74, 6) is 0.762. The molecule has 0 aliphatic heterocycles. The van der Waals surface area contributed by atoms with Crippen LogP contribution in [0.15, 0.2) is 24.5 Å². The lowest BCUT2D eigenvalue weighted by Gasteiger charge is -2.15. The average Bonchev–Trinajstić information content (AvgIpc) is 2.92. The van der Waals surface area contributed by atoms with Crippen LogP contribution in [-0.2, 0) is 6.42 Å². The van der Waals surface area contributed by atoms with Crippen LogP contribution in [0.5, 0.6) is 5.75 Å². The predicted molar refractivity (Wildman–Crippen MR) is 69.5 cm³/mol. The summed E-state index contributed by atoms with van der Waals surface area (Å²) in [6, 6.07) is 4.99. The Hall–Kier alpha value is -1.95. The van der Waals surface area contributed by atoms with Crippen molar-refractivity contribution in [3.05, 3.63) is 41.7 Å². The van der Waals surface area contributed by atoms with E-state index in [-0.39, 0.29) is 17.6 Å². The lowest BCUT2D eigenvalue weighted by atomic mass is 10.1. The first kappa shape index (κ1) is 13.5. The number of aromatic amines is 1. The van der Waals surface area contributed by atoms with Gasteiger partial charge in [0.2, 0.25) is 0 Å². The molecule has 1 heterocycles. The number of hydrogen-bond acceptors (Lipinski definition) is 4. The third kappa shape index (κ3) is 3.51. The van der Waals surface area contributed by atoms with Crippen molar-refractivity contribution in [3.63, 3.8) is 0 Å². The number of nitrogens with zero attached hydrogens (tertiary/aromatic N) is 2. The van der Waals surface area contributed by atoms with Crippen LogP contribution in [0, 0.1) is 5.82 Å². The molecule has 2 N–H and O–H groups in total. The van der Waals surface area contributed by atoms with Crippen LogP contribution in [0.2, 0.25) is 0 Å². The fourth-order valence-corrected chi connectivity index (χ4v) is 1.82. The first-order valence-electron chi connectivity index (χ1n) is 6.11. The largest absolute Gasteiger partial charge is 0.494 e. The van der Waals surface area contributed by atoms with E-state index in [2.05, 4.69) is 20.5 Å². The number of methoxy groups -OCH3 is 1. The second-order valence-corrected chi connectivity index (χ2v) is 4.25. The first-order valence-corrected chi connectivity index (χ1v) is 6.11. The fraction of sp³-hybridized carbons (Fsp3) is 0.385. The smallest absolute Gasteiger partial charge is 0.165 e. The fourth-order valence-electron chi connectivity index (χ4n) is 1.82. The quantitative estimate of drug-likeness (QED) is 0.835. The van der Waals surface area contributed by atoms with Crippen LogP contribution < -0.4 is 10.1 Å². The summed E-state index contributed by atoms with van der Waals surface area (Å²) in [6.07, 6.45) is 2.26. The van der Waals surface area contributed by atoms with Crippen molar-refractivity contribution in [2.24, 2.45) is 0 Å². The number of rotatable bonds is 6. The van der Waals surface area contributed by atoms with Gasteiger partial charge >= 0.3 is 0 Å². The van der Waals surface area contributed by atoms with E-state index in [9.17, 15) is 4.39 Å². The second kappa shape index (κ2) is 6.29. The number of nitrogens with one attached hydrogen (secondary N) is 2. The molecule has 6 heteroatoms. The van der Waals surface area contributed by atoms with Gasteiger partial charge in [-0.15, -0.1) is 0 Å². The molecule has 1 aromatic heterocycles. The highest BCUT2D eigenvalue weighted by Gasteiger charge is 2.09. The van der Waals surface area contributed by atoms with E-state index in [1.807, 2.05) is 6.92 Å². The van der Waals surface area contributed by atoms with E-state index in [1.54, 1.807) is 12.1 Å². The Labute approximate surface area is 111 Å². The van der Waals surface area contributed by atoms with Gasteiger partial charge in [-0.25, -0.2) is 9.37 Å². The maximum Gasteiger partial charge on any atom is 0.165 e. The average molecular weight is 264 g/mol. The van der Waals surface area contributed by atoms with Crippen LogP contribution >= 0.6 is 0 Å². The molecule has 0 saturated carbocycles. The number of hydrogen-bond donors (Lipinski definition) is 2. The van der Waals surface area contributed by atoms with Crippen molar-refractivity contribution >= 4 is 0 Å². The molecule has 0 radical (unpaired) electrons. The summed E-state index contributed by atoms with van der Waals surface area (Å²) < 4.78 is 18.3. The molecule has 0 amide bonds. The normalized spacial score (nSPS) is 12.4. The van der Waals surface area contributed by atoms with Crippen LogP contribution in [0.4, 0.5) is 4.39 Å². The van der Waals surface area contributed by atoms with E-state index in [0.29, 0.717) is 0 Å². The van der Waals surface area contributed by atoms with E-state index in [4.69, 9.17) is 4.74 Å². The van der Waals surface area contributed by atoms with E-state index in [1.165, 1.54) is 19.5 Å². The van der Waals surface area contributed by atoms with Crippen LogP contribution in [0.3, 0.4) is 0 Å². The third-order valence-corrected chi connectivity index (χ3v) is 2.95. The SMILES string of the molecule is COc1cc(C(C)NCCc2ncn[nH]2)ccc1F. The summed E-state index contributed by atoms with van der Waals surface area (Å²) in [6.45, 7) is 2.78. The molecule has 1 aromatic carbocycles. The summed E-state index contributed by atoms with van der Waals surface area (Å²) in [4.78, 5) is 4.05. The number of halogens is 1. The van der Waals surface area contributed by atoms with Crippen molar-refractivity contribution < 1.29 is 9.13 Å². The van der Waals surface area contributed by atoms with Crippen molar-refractivity contribution in [2.75, 3.05) is 13.7 Å². The zero-order chi connectivity index (χ0) is 13.7. The van der Waals surface area contributed by atoms with E-state index in [0.717, 1.165) is 24.4 Å². The molecule has 0 fully saturated rings. The number of aromatic nitrogens is 3. The van der Waals surface area contributed by atoms with Crippen LogP contribution in [0.25, 0.3) is 0 Å². The topological polar surface area (TPSA) is 62.8 Å². The minimum atomic E-state index is -0.347. The highest BCUT2D eigenvalue weighted by Crippen LogP contribution is 2.22. The molecule has 0 spiro atoms. The standard InChI is InChI=1S/C13H17FN4O/c1-9(15-6-5-13-16-8-17-18-13)10-3-4-11(14)12(7-10)19-2/h3-4,7-9,15H,5-6H2,1-2H3,(H,16,17,18). The Morgan fingerprint density at radius 1 is 1.47 bits per heavy atom. The van der Waals surface area contributed by atoms with Gasteiger partial charge in [-0.3, -0.25) is 5.10 Å². The molecule has 0 bridgehead atoms. The summed E-state index contributed by atoms with van der Waals surface area (Å²) in [7, 11) is 1.46. The van der Waals surface area contributed by atoms with Crippen molar-refractivity contribution in [3.8, 4) is 5.75 Å². The van der Waals surface area contributed by atoms with Gasteiger partial charge in [0, 0.05) is 19.0 Å². The molecule has 0 aliphatic rings. The minimum Gasteiger partial charge on any atom is -0.494 e. The summed E-state index contributed by atoms with van der Waals surface area (Å²) in [5, 5.41) is 9.94. The highest BCUT2D eigenvalue weighted by molar-refractivity contribution is 5.31. The highest BCUT2D eigenvalue weighted by atomic mass is 19.1. The Morgan fingerprint density at radius 2 is 2.32 bits per heavy atom. The van der Waals surface area contributed by atoms with Gasteiger partial charge in [0.25, 0.3) is 0 Å². The Morgan fingerprint density at radius 3 is 3.00 bits per heavy atom. The van der Waals surface area contributed by atoms with Crippen molar-refractivity contribution in [1.82, 2.24) is 20.5 Å². The Bertz CT molecular complexity index is 515. The maximum absolute atomic E-state index is 13.3. The molecule has 2 aromatic rings. The molecule has 19 heavy (non-hydrogen) atoms. The van der Waals surface area contributed by atoms with Crippen LogP contribution in [-0.4, -0.2) is 28.8 Å². The molecule has 0 saturated heterocycles. The summed E-state index contributed by atoms with van der Waals surface area (Å²) in [5.41, 5.74) is 0.982. The Kier molecular flexibility index (Phi) is 4.46. The van der Waals surface area contributed by atoms with Gasteiger partial charge in [0.15, 0.2) is 11.6 Å². The molecule has 5 nitrogen and oxygen atoms in total. The van der Waals surface area contributed by atoms with Crippen LogP contribution in [0.1, 0.15) is 24.4 Å². The third-order valence-electron chi connectivity index (χ3n) is 2.95. The molecular formula is C13H17FN4O. The van der Waals surface area contributed by atoms with E-state index < -0.39 is 0 Å².